The molecule has 7 unspecified atom stereocenters. The summed E-state index contributed by atoms with van der Waals surface area (Å²) in [6.07, 6.45) is 12.6. The van der Waals surface area contributed by atoms with Crippen LogP contribution in [0, 0.1) is 41.4 Å². The van der Waals surface area contributed by atoms with Gasteiger partial charge in [-0.25, -0.2) is 0 Å². The molecule has 1 saturated heterocycles. The summed E-state index contributed by atoms with van der Waals surface area (Å²) >= 11 is 0. The molecule has 0 aliphatic carbocycles. The van der Waals surface area contributed by atoms with Gasteiger partial charge in [-0.15, -0.1) is 0 Å². The minimum Gasteiger partial charge on any atom is -0.303 e. The van der Waals surface area contributed by atoms with Crippen molar-refractivity contribution in [1.29, 1.82) is 0 Å². The molecule has 0 aromatic rings. The van der Waals surface area contributed by atoms with Crippen LogP contribution in [0.25, 0.3) is 0 Å². The molecule has 1 heteroatoms. The van der Waals surface area contributed by atoms with Crippen molar-refractivity contribution < 1.29 is 0 Å². The third kappa shape index (κ3) is 7.33. The van der Waals surface area contributed by atoms with Gasteiger partial charge in [-0.05, 0) is 74.8 Å². The van der Waals surface area contributed by atoms with Crippen molar-refractivity contribution in [3.63, 3.8) is 0 Å². The zero-order valence-electron chi connectivity index (χ0n) is 21.1. The lowest BCUT2D eigenvalue weighted by atomic mass is 9.62. The fourth-order valence-corrected chi connectivity index (χ4v) is 6.46. The van der Waals surface area contributed by atoms with Gasteiger partial charge in [-0.1, -0.05) is 93.4 Å². The summed E-state index contributed by atoms with van der Waals surface area (Å²) in [5, 5.41) is 0. The molecule has 1 rings (SSSR count). The monoisotopic (exact) mass is 393 g/mol. The second kappa shape index (κ2) is 13.3. The van der Waals surface area contributed by atoms with Crippen molar-refractivity contribution in [3.8, 4) is 0 Å². The predicted octanol–water partition coefficient (Wildman–Crippen LogP) is 8.28. The molecule has 28 heavy (non-hydrogen) atoms. The summed E-state index contributed by atoms with van der Waals surface area (Å²) in [4.78, 5) is 2.73. The van der Waals surface area contributed by atoms with Crippen LogP contribution in [0.15, 0.2) is 0 Å². The van der Waals surface area contributed by atoms with Crippen molar-refractivity contribution in [2.24, 2.45) is 41.4 Å². The van der Waals surface area contributed by atoms with Crippen molar-refractivity contribution in [1.82, 2.24) is 4.90 Å². The number of hydrogen-bond acceptors (Lipinski definition) is 1. The first-order valence-corrected chi connectivity index (χ1v) is 13.0. The molecule has 1 aliphatic rings. The van der Waals surface area contributed by atoms with Gasteiger partial charge in [-0.3, -0.25) is 0 Å². The van der Waals surface area contributed by atoms with Crippen LogP contribution >= 0.6 is 0 Å². The van der Waals surface area contributed by atoms with E-state index in [2.05, 4.69) is 67.3 Å². The second-order valence-electron chi connectivity index (χ2n) is 10.8. The van der Waals surface area contributed by atoms with Crippen LogP contribution in [0.2, 0.25) is 0 Å². The van der Waals surface area contributed by atoms with Gasteiger partial charge in [0.05, 0.1) is 0 Å². The first-order valence-electron chi connectivity index (χ1n) is 13.0. The molecule has 168 valence electrons. The summed E-state index contributed by atoms with van der Waals surface area (Å²) in [7, 11) is 2.41. The van der Waals surface area contributed by atoms with Crippen LogP contribution in [-0.4, -0.2) is 24.5 Å². The molecule has 0 aromatic heterocycles. The normalized spacial score (nSPS) is 29.6. The van der Waals surface area contributed by atoms with E-state index in [1.54, 1.807) is 0 Å². The summed E-state index contributed by atoms with van der Waals surface area (Å²) in [5.41, 5.74) is 0. The minimum absolute atomic E-state index is 0.718. The predicted molar refractivity (Wildman–Crippen MR) is 128 cm³/mol. The van der Waals surface area contributed by atoms with E-state index < -0.39 is 0 Å². The highest BCUT2D eigenvalue weighted by Gasteiger charge is 2.40. The number of nitrogens with zero attached hydrogens (tertiary/aromatic N) is 1. The fraction of sp³-hybridized carbons (Fsp3) is 1.00. The first kappa shape index (κ1) is 26.0. The van der Waals surface area contributed by atoms with Crippen LogP contribution in [0.3, 0.4) is 0 Å². The molecule has 1 heterocycles. The van der Waals surface area contributed by atoms with E-state index in [1.165, 1.54) is 64.3 Å². The second-order valence-corrected chi connectivity index (χ2v) is 10.8. The van der Waals surface area contributed by atoms with Gasteiger partial charge < -0.3 is 4.90 Å². The Morgan fingerprint density at radius 1 is 0.964 bits per heavy atom. The average molecular weight is 394 g/mol. The van der Waals surface area contributed by atoms with Gasteiger partial charge >= 0.3 is 0 Å². The Morgan fingerprint density at radius 3 is 2.18 bits per heavy atom. The maximum atomic E-state index is 2.73. The molecule has 0 aromatic carbocycles. The van der Waals surface area contributed by atoms with Gasteiger partial charge in [0.1, 0.15) is 0 Å². The third-order valence-corrected chi connectivity index (χ3v) is 8.61. The van der Waals surface area contributed by atoms with E-state index in [0.717, 1.165) is 47.5 Å². The molecular formula is C27H55N. The highest BCUT2D eigenvalue weighted by atomic mass is 15.1. The van der Waals surface area contributed by atoms with E-state index >= 15 is 0 Å². The first-order chi connectivity index (χ1) is 13.3. The number of rotatable bonds is 10. The Morgan fingerprint density at radius 2 is 1.64 bits per heavy atom. The Hall–Kier alpha value is -0.0400. The lowest BCUT2D eigenvalue weighted by molar-refractivity contribution is 0.0232. The summed E-state index contributed by atoms with van der Waals surface area (Å²) < 4.78 is 0. The largest absolute Gasteiger partial charge is 0.303 e. The van der Waals surface area contributed by atoms with Gasteiger partial charge in [0.2, 0.25) is 0 Å². The fourth-order valence-electron chi connectivity index (χ4n) is 6.46. The van der Waals surface area contributed by atoms with E-state index in [1.807, 2.05) is 0 Å². The number of hydrogen-bond donors (Lipinski definition) is 0. The van der Waals surface area contributed by atoms with Crippen LogP contribution in [0.1, 0.15) is 113 Å². The maximum absolute atomic E-state index is 2.73. The van der Waals surface area contributed by atoms with Crippen LogP contribution in [0.4, 0.5) is 0 Å². The van der Waals surface area contributed by atoms with Crippen molar-refractivity contribution in [2.45, 2.75) is 119 Å². The molecule has 1 nitrogen and oxygen atoms in total. The molecule has 0 bridgehead atoms. The maximum Gasteiger partial charge on any atom is 0.00975 e. The molecule has 0 amide bonds. The summed E-state index contributed by atoms with van der Waals surface area (Å²) in [5.74, 6) is 6.00. The zero-order chi connectivity index (χ0) is 21.3. The minimum atomic E-state index is 0.718. The Balaban J connectivity index is 3.32. The third-order valence-electron chi connectivity index (χ3n) is 8.61. The van der Waals surface area contributed by atoms with E-state index in [9.17, 15) is 0 Å². The van der Waals surface area contributed by atoms with Crippen molar-refractivity contribution in [2.75, 3.05) is 13.6 Å². The SMILES string of the molecule is CCCC(C)CC(C(CC)C(C)C(C)C)C1C(CC)CCCCCN(C)C1C. The Labute approximate surface area is 179 Å². The lowest BCUT2D eigenvalue weighted by Gasteiger charge is -2.47. The lowest BCUT2D eigenvalue weighted by Crippen LogP contribution is -2.46. The highest BCUT2D eigenvalue weighted by molar-refractivity contribution is 4.91. The molecular weight excluding hydrogens is 338 g/mol. The van der Waals surface area contributed by atoms with Crippen molar-refractivity contribution in [3.05, 3.63) is 0 Å². The molecule has 7 atom stereocenters. The van der Waals surface area contributed by atoms with Gasteiger partial charge in [0.25, 0.3) is 0 Å². The van der Waals surface area contributed by atoms with E-state index in [4.69, 9.17) is 0 Å². The van der Waals surface area contributed by atoms with Crippen LogP contribution in [-0.2, 0) is 0 Å². The molecule has 1 aliphatic heterocycles. The average Bonchev–Trinajstić information content (AvgIpc) is 2.72. The van der Waals surface area contributed by atoms with Gasteiger partial charge in [0.15, 0.2) is 0 Å². The summed E-state index contributed by atoms with van der Waals surface area (Å²) in [6.45, 7) is 21.2. The van der Waals surface area contributed by atoms with Gasteiger partial charge in [0, 0.05) is 6.04 Å². The molecule has 0 radical (unpaired) electrons. The molecule has 0 N–H and O–H groups in total. The molecule has 0 saturated carbocycles. The smallest absolute Gasteiger partial charge is 0.00975 e. The summed E-state index contributed by atoms with van der Waals surface area (Å²) in [6, 6.07) is 0.718. The van der Waals surface area contributed by atoms with Gasteiger partial charge in [-0.2, -0.15) is 0 Å². The quantitative estimate of drug-likeness (QED) is 0.361. The zero-order valence-corrected chi connectivity index (χ0v) is 21.1. The Kier molecular flexibility index (Phi) is 12.3. The Bertz CT molecular complexity index is 388. The van der Waals surface area contributed by atoms with Crippen LogP contribution in [0.5, 0.6) is 0 Å². The van der Waals surface area contributed by atoms with Crippen molar-refractivity contribution >= 4 is 0 Å². The topological polar surface area (TPSA) is 3.24 Å². The highest BCUT2D eigenvalue weighted by Crippen LogP contribution is 2.45. The van der Waals surface area contributed by atoms with Crippen LogP contribution < -0.4 is 0 Å². The van der Waals surface area contributed by atoms with E-state index in [0.29, 0.717) is 0 Å². The molecule has 1 fully saturated rings. The van der Waals surface area contributed by atoms with E-state index in [-0.39, 0.29) is 0 Å². The molecule has 0 spiro atoms. The standard InChI is InChI=1S/C27H55N/c1-10-16-21(6)19-26(25(12-3)22(7)20(4)5)27-23(8)28(9)18-15-13-14-17-24(27)11-2/h20-27H,10-19H2,1-9H3.